The van der Waals surface area contributed by atoms with E-state index >= 15 is 0 Å². The molecule has 2 aromatic heterocycles. The average Bonchev–Trinajstić information content (AvgIpc) is 3.25. The second-order valence-corrected chi connectivity index (χ2v) is 6.31. The van der Waals surface area contributed by atoms with E-state index in [1.807, 2.05) is 31.2 Å². The molecule has 0 aliphatic carbocycles. The fraction of sp³-hybridized carbons (Fsp3) is 0.316. The van der Waals surface area contributed by atoms with E-state index < -0.39 is 11.9 Å². The minimum atomic E-state index is -0.553. The van der Waals surface area contributed by atoms with Crippen LogP contribution in [0.2, 0.25) is 0 Å². The highest BCUT2D eigenvalue weighted by molar-refractivity contribution is 5.96. The van der Waals surface area contributed by atoms with E-state index in [-0.39, 0.29) is 23.4 Å². The van der Waals surface area contributed by atoms with Crippen LogP contribution in [0.15, 0.2) is 41.0 Å². The summed E-state index contributed by atoms with van der Waals surface area (Å²) < 4.78 is 11.9. The molecule has 0 aliphatic rings. The van der Waals surface area contributed by atoms with E-state index in [4.69, 9.17) is 4.42 Å². The fourth-order valence-corrected chi connectivity index (χ4v) is 2.92. The van der Waals surface area contributed by atoms with E-state index in [9.17, 15) is 9.59 Å². The number of hydrogen-bond donors (Lipinski definition) is 1. The number of hydrogen-bond acceptors (Lipinski definition) is 5. The lowest BCUT2D eigenvalue weighted by Gasteiger charge is -2.18. The van der Waals surface area contributed by atoms with Crippen molar-refractivity contribution in [3.63, 3.8) is 0 Å². The number of fused-ring (bicyclic) bond motifs is 1. The van der Waals surface area contributed by atoms with E-state index in [1.54, 1.807) is 0 Å². The topological polar surface area (TPSA) is 86.4 Å². The summed E-state index contributed by atoms with van der Waals surface area (Å²) in [5.41, 5.74) is 2.09. The number of aromatic nitrogens is 2. The number of rotatable bonds is 5. The first-order chi connectivity index (χ1) is 12.4. The number of amides is 1. The lowest BCUT2D eigenvalue weighted by Crippen LogP contribution is -2.28. The van der Waals surface area contributed by atoms with E-state index in [0.29, 0.717) is 0 Å². The molecule has 3 rings (SSSR count). The van der Waals surface area contributed by atoms with E-state index in [1.165, 1.54) is 19.4 Å². The highest BCUT2D eigenvalue weighted by atomic mass is 16.5. The van der Waals surface area contributed by atoms with Gasteiger partial charge in [-0.2, -0.15) is 0 Å². The lowest BCUT2D eigenvalue weighted by molar-refractivity contribution is 0.0599. The molecule has 0 unspecified atom stereocenters. The van der Waals surface area contributed by atoms with Crippen LogP contribution in [0.25, 0.3) is 11.0 Å². The predicted octanol–water partition coefficient (Wildman–Crippen LogP) is 3.49. The molecule has 1 atom stereocenters. The molecule has 0 bridgehead atoms. The summed E-state index contributed by atoms with van der Waals surface area (Å²) in [5.74, 6) is -0.170. The first-order valence-electron chi connectivity index (χ1n) is 8.37. The van der Waals surface area contributed by atoms with Gasteiger partial charge in [0.25, 0.3) is 5.91 Å². The van der Waals surface area contributed by atoms with Crippen molar-refractivity contribution in [2.75, 3.05) is 7.11 Å². The van der Waals surface area contributed by atoms with Gasteiger partial charge in [-0.1, -0.05) is 12.1 Å². The largest absolute Gasteiger partial charge is 0.465 e. The maximum absolute atomic E-state index is 12.5. The molecular weight excluding hydrogens is 334 g/mol. The Bertz CT molecular complexity index is 955. The van der Waals surface area contributed by atoms with Crippen molar-refractivity contribution in [2.45, 2.75) is 32.9 Å². The lowest BCUT2D eigenvalue weighted by atomic mass is 10.2. The Morgan fingerprint density at radius 2 is 1.96 bits per heavy atom. The second-order valence-electron chi connectivity index (χ2n) is 6.31. The van der Waals surface area contributed by atoms with Crippen LogP contribution in [0.5, 0.6) is 0 Å². The number of imidazole rings is 1. The van der Waals surface area contributed by atoms with Crippen molar-refractivity contribution in [1.82, 2.24) is 14.9 Å². The molecule has 0 saturated heterocycles. The van der Waals surface area contributed by atoms with Gasteiger partial charge in [0.05, 0.1) is 29.7 Å². The molecule has 1 amide bonds. The maximum Gasteiger partial charge on any atom is 0.341 e. The summed E-state index contributed by atoms with van der Waals surface area (Å²) in [7, 11) is 1.27. The standard InChI is InChI=1S/C19H21N3O4/c1-11(2)22-15-8-6-5-7-14(15)21-17(22)12(3)20-18(23)16-9-13(10-26-16)19(24)25-4/h5-12H,1-4H3,(H,20,23)/t12-/m0/s1. The number of carbonyl (C=O) groups is 2. The van der Waals surface area contributed by atoms with Crippen molar-refractivity contribution in [3.05, 3.63) is 53.7 Å². The van der Waals surface area contributed by atoms with Gasteiger partial charge in [-0.05, 0) is 32.9 Å². The van der Waals surface area contributed by atoms with Gasteiger partial charge in [0.2, 0.25) is 0 Å². The van der Waals surface area contributed by atoms with Crippen LogP contribution in [0.3, 0.4) is 0 Å². The minimum Gasteiger partial charge on any atom is -0.465 e. The molecule has 26 heavy (non-hydrogen) atoms. The smallest absolute Gasteiger partial charge is 0.341 e. The van der Waals surface area contributed by atoms with Gasteiger partial charge >= 0.3 is 5.97 Å². The quantitative estimate of drug-likeness (QED) is 0.708. The normalized spacial score (nSPS) is 12.3. The number of furan rings is 1. The molecule has 136 valence electrons. The van der Waals surface area contributed by atoms with Crippen LogP contribution in [0, 0.1) is 0 Å². The molecule has 3 aromatic rings. The number of carbonyl (C=O) groups excluding carboxylic acids is 2. The summed E-state index contributed by atoms with van der Waals surface area (Å²) in [4.78, 5) is 28.6. The van der Waals surface area contributed by atoms with Crippen LogP contribution in [-0.4, -0.2) is 28.5 Å². The van der Waals surface area contributed by atoms with Crippen LogP contribution < -0.4 is 5.32 Å². The van der Waals surface area contributed by atoms with Gasteiger partial charge < -0.3 is 19.0 Å². The Labute approximate surface area is 151 Å². The van der Waals surface area contributed by atoms with Crippen LogP contribution in [0.4, 0.5) is 0 Å². The van der Waals surface area contributed by atoms with Crippen molar-refractivity contribution < 1.29 is 18.7 Å². The molecule has 1 aromatic carbocycles. The molecular formula is C19H21N3O4. The Hall–Kier alpha value is -3.09. The molecule has 7 nitrogen and oxygen atoms in total. The van der Waals surface area contributed by atoms with Gasteiger partial charge in [-0.15, -0.1) is 0 Å². The first kappa shape index (κ1) is 17.7. The van der Waals surface area contributed by atoms with Gasteiger partial charge in [0.15, 0.2) is 5.76 Å². The third kappa shape index (κ3) is 3.20. The Kier molecular flexibility index (Phi) is 4.79. The molecule has 0 fully saturated rings. The first-order valence-corrected chi connectivity index (χ1v) is 8.37. The van der Waals surface area contributed by atoms with Gasteiger partial charge in [-0.3, -0.25) is 4.79 Å². The highest BCUT2D eigenvalue weighted by Gasteiger charge is 2.22. The number of benzene rings is 1. The number of para-hydroxylation sites is 2. The summed E-state index contributed by atoms with van der Waals surface area (Å²) in [5, 5.41) is 2.87. The number of nitrogens with zero attached hydrogens (tertiary/aromatic N) is 2. The van der Waals surface area contributed by atoms with Gasteiger partial charge in [0.1, 0.15) is 12.1 Å². The number of nitrogens with one attached hydrogen (secondary N) is 1. The predicted molar refractivity (Wildman–Crippen MR) is 96.0 cm³/mol. The zero-order chi connectivity index (χ0) is 18.8. The number of esters is 1. The second kappa shape index (κ2) is 7.03. The number of methoxy groups -OCH3 is 1. The SMILES string of the molecule is COC(=O)c1coc(C(=O)N[C@@H](C)c2nc3ccccc3n2C(C)C)c1. The van der Waals surface area contributed by atoms with Crippen LogP contribution in [0.1, 0.15) is 59.6 Å². The van der Waals surface area contributed by atoms with Crippen LogP contribution >= 0.6 is 0 Å². The third-order valence-corrected chi connectivity index (χ3v) is 4.12. The molecule has 0 spiro atoms. The summed E-state index contributed by atoms with van der Waals surface area (Å²) in [6.07, 6.45) is 1.20. The van der Waals surface area contributed by atoms with Crippen molar-refractivity contribution in [3.8, 4) is 0 Å². The molecule has 7 heteroatoms. The summed E-state index contributed by atoms with van der Waals surface area (Å²) in [6, 6.07) is 9.06. The maximum atomic E-state index is 12.5. The van der Waals surface area contributed by atoms with E-state index in [0.717, 1.165) is 16.9 Å². The molecule has 0 radical (unpaired) electrons. The van der Waals surface area contributed by atoms with Crippen LogP contribution in [-0.2, 0) is 4.74 Å². The number of ether oxygens (including phenoxy) is 1. The fourth-order valence-electron chi connectivity index (χ4n) is 2.92. The average molecular weight is 355 g/mol. The molecule has 0 aliphatic heterocycles. The van der Waals surface area contributed by atoms with Crippen molar-refractivity contribution >= 4 is 22.9 Å². The Morgan fingerprint density at radius 3 is 2.65 bits per heavy atom. The van der Waals surface area contributed by atoms with E-state index in [2.05, 4.69) is 33.5 Å². The minimum absolute atomic E-state index is 0.0458. The van der Waals surface area contributed by atoms with Crippen molar-refractivity contribution in [2.24, 2.45) is 0 Å². The summed E-state index contributed by atoms with van der Waals surface area (Å²) in [6.45, 7) is 6.00. The Balaban J connectivity index is 1.86. The monoisotopic (exact) mass is 355 g/mol. The third-order valence-electron chi connectivity index (χ3n) is 4.12. The highest BCUT2D eigenvalue weighted by Crippen LogP contribution is 2.25. The zero-order valence-corrected chi connectivity index (χ0v) is 15.1. The zero-order valence-electron chi connectivity index (χ0n) is 15.1. The Morgan fingerprint density at radius 1 is 1.23 bits per heavy atom. The summed E-state index contributed by atoms with van der Waals surface area (Å²) >= 11 is 0. The molecule has 0 saturated carbocycles. The van der Waals surface area contributed by atoms with Gasteiger partial charge in [-0.25, -0.2) is 9.78 Å². The molecule has 2 heterocycles. The molecule has 1 N–H and O–H groups in total. The van der Waals surface area contributed by atoms with Gasteiger partial charge in [0, 0.05) is 12.1 Å². The van der Waals surface area contributed by atoms with Crippen molar-refractivity contribution in [1.29, 1.82) is 0 Å².